The van der Waals surface area contributed by atoms with E-state index in [1.165, 1.54) is 16.7 Å². The van der Waals surface area contributed by atoms with E-state index >= 15 is 0 Å². The second-order valence-electron chi connectivity index (χ2n) is 5.67. The predicted molar refractivity (Wildman–Crippen MR) is 95.6 cm³/mol. The smallest absolute Gasteiger partial charge is 0.191 e. The molecule has 5 heteroatoms. The van der Waals surface area contributed by atoms with Gasteiger partial charge in [-0.25, -0.2) is 4.99 Å². The van der Waals surface area contributed by atoms with Gasteiger partial charge in [0, 0.05) is 32.0 Å². The fourth-order valence-electron chi connectivity index (χ4n) is 2.41. The molecule has 0 atom stereocenters. The van der Waals surface area contributed by atoms with E-state index in [0.717, 1.165) is 32.0 Å². The van der Waals surface area contributed by atoms with Crippen molar-refractivity contribution in [3.63, 3.8) is 0 Å². The van der Waals surface area contributed by atoms with Gasteiger partial charge >= 0.3 is 0 Å². The van der Waals surface area contributed by atoms with Gasteiger partial charge in [-0.3, -0.25) is 4.68 Å². The topological polar surface area (TPSA) is 54.2 Å². The molecule has 0 unspecified atom stereocenters. The zero-order chi connectivity index (χ0) is 16.5. The first-order valence-electron chi connectivity index (χ1n) is 8.24. The molecule has 1 aromatic carbocycles. The monoisotopic (exact) mass is 313 g/mol. The van der Waals surface area contributed by atoms with Crippen molar-refractivity contribution in [2.45, 2.75) is 40.3 Å². The van der Waals surface area contributed by atoms with E-state index in [1.807, 2.05) is 23.1 Å². The van der Waals surface area contributed by atoms with Crippen molar-refractivity contribution in [2.75, 3.05) is 13.1 Å². The van der Waals surface area contributed by atoms with Crippen LogP contribution in [0.4, 0.5) is 0 Å². The molecule has 23 heavy (non-hydrogen) atoms. The molecule has 124 valence electrons. The number of nitrogens with zero attached hydrogens (tertiary/aromatic N) is 3. The van der Waals surface area contributed by atoms with Crippen molar-refractivity contribution in [1.29, 1.82) is 0 Å². The minimum Gasteiger partial charge on any atom is -0.357 e. The molecule has 2 aromatic rings. The fraction of sp³-hybridized carbons (Fsp3) is 0.444. The molecule has 0 aliphatic rings. The third-order valence-electron chi connectivity index (χ3n) is 3.67. The van der Waals surface area contributed by atoms with E-state index in [-0.39, 0.29) is 0 Å². The molecule has 2 rings (SSSR count). The summed E-state index contributed by atoms with van der Waals surface area (Å²) in [5.74, 6) is 0.868. The van der Waals surface area contributed by atoms with Gasteiger partial charge in [-0.2, -0.15) is 5.10 Å². The normalized spacial score (nSPS) is 11.5. The fourth-order valence-corrected chi connectivity index (χ4v) is 2.41. The summed E-state index contributed by atoms with van der Waals surface area (Å²) in [6.07, 6.45) is 4.80. The molecule has 0 aliphatic heterocycles. The molecule has 2 N–H and O–H groups in total. The molecule has 0 aliphatic carbocycles. The van der Waals surface area contributed by atoms with Gasteiger partial charge in [0.25, 0.3) is 0 Å². The molecular formula is C18H27N5. The molecule has 0 bridgehead atoms. The molecule has 0 spiro atoms. The average Bonchev–Trinajstić information content (AvgIpc) is 3.03. The maximum absolute atomic E-state index is 4.68. The summed E-state index contributed by atoms with van der Waals surface area (Å²) >= 11 is 0. The Bertz CT molecular complexity index is 616. The van der Waals surface area contributed by atoms with E-state index in [9.17, 15) is 0 Å². The van der Waals surface area contributed by atoms with E-state index in [0.29, 0.717) is 6.54 Å². The van der Waals surface area contributed by atoms with Crippen molar-refractivity contribution in [3.8, 4) is 0 Å². The van der Waals surface area contributed by atoms with Crippen LogP contribution in [0, 0.1) is 13.8 Å². The third-order valence-corrected chi connectivity index (χ3v) is 3.67. The average molecular weight is 313 g/mol. The van der Waals surface area contributed by atoms with Gasteiger partial charge in [-0.05, 0) is 44.4 Å². The van der Waals surface area contributed by atoms with Crippen LogP contribution in [0.3, 0.4) is 0 Å². The highest BCUT2D eigenvalue weighted by Crippen LogP contribution is 2.11. The summed E-state index contributed by atoms with van der Waals surface area (Å²) < 4.78 is 1.95. The summed E-state index contributed by atoms with van der Waals surface area (Å²) in [6.45, 7) is 9.68. The number of benzene rings is 1. The van der Waals surface area contributed by atoms with Crippen LogP contribution in [0.25, 0.3) is 0 Å². The van der Waals surface area contributed by atoms with E-state index < -0.39 is 0 Å². The standard InChI is InChI=1S/C18H27N5/c1-4-19-18(20-9-5-11-23-12-6-10-22-23)21-14-17-8-7-15(2)13-16(17)3/h6-8,10,12-13H,4-5,9,11,14H2,1-3H3,(H2,19,20,21). The van der Waals surface area contributed by atoms with E-state index in [2.05, 4.69) is 59.7 Å². The van der Waals surface area contributed by atoms with Gasteiger partial charge in [-0.1, -0.05) is 23.8 Å². The van der Waals surface area contributed by atoms with Crippen molar-refractivity contribution in [2.24, 2.45) is 4.99 Å². The Labute approximate surface area is 138 Å². The van der Waals surface area contributed by atoms with Crippen molar-refractivity contribution < 1.29 is 0 Å². The van der Waals surface area contributed by atoms with Crippen LogP contribution in [-0.4, -0.2) is 28.8 Å². The number of aromatic nitrogens is 2. The molecule has 0 saturated carbocycles. The first kappa shape index (κ1) is 17.1. The van der Waals surface area contributed by atoms with Gasteiger partial charge in [0.05, 0.1) is 6.54 Å². The maximum Gasteiger partial charge on any atom is 0.191 e. The van der Waals surface area contributed by atoms with Crippen molar-refractivity contribution >= 4 is 5.96 Å². The zero-order valence-corrected chi connectivity index (χ0v) is 14.3. The number of aliphatic imine (C=N–C) groups is 1. The van der Waals surface area contributed by atoms with Crippen LogP contribution in [-0.2, 0) is 13.1 Å². The zero-order valence-electron chi connectivity index (χ0n) is 14.3. The lowest BCUT2D eigenvalue weighted by Gasteiger charge is -2.12. The molecule has 0 fully saturated rings. The van der Waals surface area contributed by atoms with Crippen LogP contribution in [0.5, 0.6) is 0 Å². The maximum atomic E-state index is 4.68. The highest BCUT2D eigenvalue weighted by Gasteiger charge is 2.00. The number of guanidine groups is 1. The number of hydrogen-bond acceptors (Lipinski definition) is 2. The van der Waals surface area contributed by atoms with Gasteiger partial charge in [-0.15, -0.1) is 0 Å². The lowest BCUT2D eigenvalue weighted by atomic mass is 10.1. The van der Waals surface area contributed by atoms with Gasteiger partial charge < -0.3 is 10.6 Å². The number of aryl methyl sites for hydroxylation is 3. The quantitative estimate of drug-likeness (QED) is 0.469. The van der Waals surface area contributed by atoms with Crippen LogP contribution in [0.2, 0.25) is 0 Å². The van der Waals surface area contributed by atoms with E-state index in [1.54, 1.807) is 0 Å². The van der Waals surface area contributed by atoms with Crippen molar-refractivity contribution in [1.82, 2.24) is 20.4 Å². The molecule has 1 heterocycles. The van der Waals surface area contributed by atoms with Gasteiger partial charge in [0.2, 0.25) is 0 Å². The Morgan fingerprint density at radius 3 is 2.83 bits per heavy atom. The molecule has 0 radical (unpaired) electrons. The summed E-state index contributed by atoms with van der Waals surface area (Å²) in [5.41, 5.74) is 3.85. The predicted octanol–water partition coefficient (Wildman–Crippen LogP) is 2.65. The Hall–Kier alpha value is -2.30. The van der Waals surface area contributed by atoms with Crippen LogP contribution in [0.1, 0.15) is 30.0 Å². The lowest BCUT2D eigenvalue weighted by Crippen LogP contribution is -2.38. The SMILES string of the molecule is CCNC(=NCc1ccc(C)cc1C)NCCCn1cccn1. The van der Waals surface area contributed by atoms with Crippen LogP contribution in [0.15, 0.2) is 41.7 Å². The summed E-state index contributed by atoms with van der Waals surface area (Å²) in [4.78, 5) is 4.68. The van der Waals surface area contributed by atoms with Crippen LogP contribution < -0.4 is 10.6 Å². The molecular weight excluding hydrogens is 286 g/mol. The number of hydrogen-bond donors (Lipinski definition) is 2. The third kappa shape index (κ3) is 5.77. The molecule has 5 nitrogen and oxygen atoms in total. The Morgan fingerprint density at radius 2 is 2.13 bits per heavy atom. The Morgan fingerprint density at radius 1 is 1.26 bits per heavy atom. The van der Waals surface area contributed by atoms with Crippen molar-refractivity contribution in [3.05, 3.63) is 53.3 Å². The summed E-state index contributed by atoms with van der Waals surface area (Å²) in [6, 6.07) is 8.45. The first-order valence-corrected chi connectivity index (χ1v) is 8.24. The second kappa shape index (κ2) is 8.98. The highest BCUT2D eigenvalue weighted by molar-refractivity contribution is 5.79. The molecule has 0 saturated heterocycles. The summed E-state index contributed by atoms with van der Waals surface area (Å²) in [7, 11) is 0. The first-order chi connectivity index (χ1) is 11.2. The highest BCUT2D eigenvalue weighted by atomic mass is 15.3. The number of rotatable bonds is 7. The van der Waals surface area contributed by atoms with E-state index in [4.69, 9.17) is 0 Å². The van der Waals surface area contributed by atoms with Gasteiger partial charge in [0.15, 0.2) is 5.96 Å². The van der Waals surface area contributed by atoms with Crippen LogP contribution >= 0.6 is 0 Å². The summed E-state index contributed by atoms with van der Waals surface area (Å²) in [5, 5.41) is 10.9. The number of nitrogens with one attached hydrogen (secondary N) is 2. The minimum atomic E-state index is 0.695. The molecule has 1 aromatic heterocycles. The Kier molecular flexibility index (Phi) is 6.66. The minimum absolute atomic E-state index is 0.695. The van der Waals surface area contributed by atoms with Gasteiger partial charge in [0.1, 0.15) is 0 Å². The Balaban J connectivity index is 1.84. The lowest BCUT2D eigenvalue weighted by molar-refractivity contribution is 0.570. The molecule has 0 amide bonds. The largest absolute Gasteiger partial charge is 0.357 e. The second-order valence-corrected chi connectivity index (χ2v) is 5.67.